The van der Waals surface area contributed by atoms with Crippen LogP contribution in [0.4, 0.5) is 4.39 Å². The predicted octanol–water partition coefficient (Wildman–Crippen LogP) is 4.09. The van der Waals surface area contributed by atoms with Gasteiger partial charge in [0, 0.05) is 35.8 Å². The summed E-state index contributed by atoms with van der Waals surface area (Å²) >= 11 is 0. The third-order valence-corrected chi connectivity index (χ3v) is 6.70. The second-order valence-electron chi connectivity index (χ2n) is 6.55. The highest BCUT2D eigenvalue weighted by atomic mass is 32.2. The molecule has 4 rings (SSSR count). The van der Waals surface area contributed by atoms with Crippen LogP contribution in [0.2, 0.25) is 0 Å². The quantitative estimate of drug-likeness (QED) is 0.755. The van der Waals surface area contributed by atoms with Crippen molar-refractivity contribution < 1.29 is 12.8 Å². The minimum atomic E-state index is -3.49. The summed E-state index contributed by atoms with van der Waals surface area (Å²) in [6.07, 6.45) is 4.43. The van der Waals surface area contributed by atoms with Gasteiger partial charge in [-0.25, -0.2) is 12.8 Å². The third-order valence-electron chi connectivity index (χ3n) is 4.82. The Morgan fingerprint density at radius 3 is 2.58 bits per heavy atom. The Bertz CT molecular complexity index is 1100. The smallest absolute Gasteiger partial charge is 0.243 e. The first kappa shape index (κ1) is 17.0. The molecule has 0 saturated heterocycles. The largest absolute Gasteiger partial charge is 0.360 e. The number of fused-ring (bicyclic) bond motifs is 1. The molecule has 4 nitrogen and oxygen atoms in total. The molecular weight excluding hydrogens is 351 g/mol. The molecular formula is C20H19FN2O2S. The van der Waals surface area contributed by atoms with Gasteiger partial charge >= 0.3 is 0 Å². The zero-order chi connectivity index (χ0) is 18.3. The van der Waals surface area contributed by atoms with Gasteiger partial charge < -0.3 is 4.98 Å². The molecule has 2 aromatic carbocycles. The maximum atomic E-state index is 13.3. The van der Waals surface area contributed by atoms with Crippen molar-refractivity contribution in [1.82, 2.24) is 9.29 Å². The van der Waals surface area contributed by atoms with E-state index in [1.54, 1.807) is 18.2 Å². The van der Waals surface area contributed by atoms with E-state index in [9.17, 15) is 12.8 Å². The first-order valence-electron chi connectivity index (χ1n) is 8.48. The molecule has 0 fully saturated rings. The number of benzene rings is 2. The number of aromatic amines is 1. The van der Waals surface area contributed by atoms with E-state index in [1.165, 1.54) is 16.4 Å². The van der Waals surface area contributed by atoms with Crippen LogP contribution in [0.15, 0.2) is 59.6 Å². The molecule has 0 atom stereocenters. The van der Waals surface area contributed by atoms with Gasteiger partial charge in [-0.2, -0.15) is 4.31 Å². The van der Waals surface area contributed by atoms with Crippen LogP contribution in [0.25, 0.3) is 16.5 Å². The van der Waals surface area contributed by atoms with E-state index in [0.29, 0.717) is 24.4 Å². The topological polar surface area (TPSA) is 53.2 Å². The molecule has 2 heterocycles. The van der Waals surface area contributed by atoms with Crippen molar-refractivity contribution in [3.63, 3.8) is 0 Å². The third kappa shape index (κ3) is 2.95. The van der Waals surface area contributed by atoms with Gasteiger partial charge in [-0.1, -0.05) is 23.8 Å². The van der Waals surface area contributed by atoms with Gasteiger partial charge in [-0.3, -0.25) is 0 Å². The summed E-state index contributed by atoms with van der Waals surface area (Å²) in [7, 11) is -3.49. The highest BCUT2D eigenvalue weighted by Gasteiger charge is 2.26. The van der Waals surface area contributed by atoms with E-state index < -0.39 is 10.0 Å². The lowest BCUT2D eigenvalue weighted by Crippen LogP contribution is -2.34. The molecule has 0 saturated carbocycles. The Balaban J connectivity index is 1.60. The van der Waals surface area contributed by atoms with Crippen molar-refractivity contribution in [2.45, 2.75) is 18.2 Å². The second kappa shape index (κ2) is 6.37. The van der Waals surface area contributed by atoms with Gasteiger partial charge in [-0.05, 0) is 49.2 Å². The van der Waals surface area contributed by atoms with Crippen LogP contribution < -0.4 is 0 Å². The summed E-state index contributed by atoms with van der Waals surface area (Å²) in [5, 5.41) is 0.951. The summed E-state index contributed by atoms with van der Waals surface area (Å²) in [5.41, 5.74) is 3.86. The van der Waals surface area contributed by atoms with Crippen molar-refractivity contribution in [2.24, 2.45) is 0 Å². The summed E-state index contributed by atoms with van der Waals surface area (Å²) < 4.78 is 40.4. The van der Waals surface area contributed by atoms with E-state index in [-0.39, 0.29) is 5.82 Å². The molecule has 6 heteroatoms. The lowest BCUT2D eigenvalue weighted by Gasteiger charge is -2.26. The molecule has 0 bridgehead atoms. The number of rotatable bonds is 3. The predicted molar refractivity (Wildman–Crippen MR) is 101 cm³/mol. The molecule has 1 aliphatic rings. The number of H-pyrrole nitrogens is 1. The maximum absolute atomic E-state index is 13.3. The number of hydrogen-bond acceptors (Lipinski definition) is 2. The van der Waals surface area contributed by atoms with Crippen molar-refractivity contribution in [1.29, 1.82) is 0 Å². The van der Waals surface area contributed by atoms with Gasteiger partial charge in [0.25, 0.3) is 0 Å². The SMILES string of the molecule is Cc1ccc(S(=O)(=O)N2CC=C(c3c[nH]c4cc(F)ccc34)CC2)cc1. The maximum Gasteiger partial charge on any atom is 0.243 e. The number of aryl methyl sites for hydroxylation is 1. The van der Waals surface area contributed by atoms with E-state index >= 15 is 0 Å². The Kier molecular flexibility index (Phi) is 4.17. The summed E-state index contributed by atoms with van der Waals surface area (Å²) in [4.78, 5) is 3.41. The molecule has 1 N–H and O–H groups in total. The zero-order valence-electron chi connectivity index (χ0n) is 14.4. The van der Waals surface area contributed by atoms with Gasteiger partial charge in [-0.15, -0.1) is 0 Å². The highest BCUT2D eigenvalue weighted by Crippen LogP contribution is 2.31. The summed E-state index contributed by atoms with van der Waals surface area (Å²) in [5.74, 6) is -0.279. The molecule has 0 radical (unpaired) electrons. The van der Waals surface area contributed by atoms with Crippen molar-refractivity contribution in [3.8, 4) is 0 Å². The number of sulfonamides is 1. The molecule has 3 aromatic rings. The molecule has 0 unspecified atom stereocenters. The molecule has 0 aliphatic carbocycles. The molecule has 1 aliphatic heterocycles. The van der Waals surface area contributed by atoms with Crippen LogP contribution in [0, 0.1) is 12.7 Å². The molecule has 0 spiro atoms. The van der Waals surface area contributed by atoms with E-state index in [4.69, 9.17) is 0 Å². The summed E-state index contributed by atoms with van der Waals surface area (Å²) in [6, 6.07) is 11.6. The van der Waals surface area contributed by atoms with Gasteiger partial charge in [0.05, 0.1) is 4.90 Å². The summed E-state index contributed by atoms with van der Waals surface area (Å²) in [6.45, 7) is 2.69. The minimum Gasteiger partial charge on any atom is -0.360 e. The fourth-order valence-electron chi connectivity index (χ4n) is 3.34. The van der Waals surface area contributed by atoms with Gasteiger partial charge in [0.1, 0.15) is 5.82 Å². The van der Waals surface area contributed by atoms with E-state index in [2.05, 4.69) is 4.98 Å². The van der Waals surface area contributed by atoms with Crippen molar-refractivity contribution in [3.05, 3.63) is 71.7 Å². The lowest BCUT2D eigenvalue weighted by molar-refractivity contribution is 0.441. The minimum absolute atomic E-state index is 0.279. The number of hydrogen-bond donors (Lipinski definition) is 1. The number of halogens is 1. The van der Waals surface area contributed by atoms with E-state index in [1.807, 2.05) is 31.3 Å². The first-order valence-corrected chi connectivity index (χ1v) is 9.92. The number of nitrogens with zero attached hydrogens (tertiary/aromatic N) is 1. The normalized spacial score (nSPS) is 16.0. The van der Waals surface area contributed by atoms with Crippen LogP contribution in [0.1, 0.15) is 17.5 Å². The van der Waals surface area contributed by atoms with Crippen LogP contribution >= 0.6 is 0 Å². The Morgan fingerprint density at radius 1 is 1.12 bits per heavy atom. The van der Waals surface area contributed by atoms with Crippen molar-refractivity contribution in [2.75, 3.05) is 13.1 Å². The molecule has 0 amide bonds. The first-order chi connectivity index (χ1) is 12.4. The van der Waals surface area contributed by atoms with Gasteiger partial charge in [0.15, 0.2) is 0 Å². The Hall–Kier alpha value is -2.44. The molecule has 1 aromatic heterocycles. The molecule has 26 heavy (non-hydrogen) atoms. The van der Waals surface area contributed by atoms with Crippen LogP contribution in [0.5, 0.6) is 0 Å². The van der Waals surface area contributed by atoms with Crippen LogP contribution in [-0.2, 0) is 10.0 Å². The molecule has 134 valence electrons. The monoisotopic (exact) mass is 370 g/mol. The fourth-order valence-corrected chi connectivity index (χ4v) is 4.72. The Labute approximate surface area is 152 Å². The zero-order valence-corrected chi connectivity index (χ0v) is 15.2. The second-order valence-corrected chi connectivity index (χ2v) is 8.49. The average molecular weight is 370 g/mol. The van der Waals surface area contributed by atoms with Gasteiger partial charge in [0.2, 0.25) is 10.0 Å². The lowest BCUT2D eigenvalue weighted by atomic mass is 10.00. The fraction of sp³-hybridized carbons (Fsp3) is 0.200. The average Bonchev–Trinajstić information content (AvgIpc) is 3.05. The van der Waals surface area contributed by atoms with E-state index in [0.717, 1.165) is 27.6 Å². The number of aromatic nitrogens is 1. The van der Waals surface area contributed by atoms with Crippen molar-refractivity contribution >= 4 is 26.5 Å². The standard InChI is InChI=1S/C20H19FN2O2S/c1-14-2-5-17(6-3-14)26(24,25)23-10-8-15(9-11-23)19-13-22-20-12-16(21)4-7-18(19)20/h2-8,12-13,22H,9-11H2,1H3. The Morgan fingerprint density at radius 2 is 1.88 bits per heavy atom. The van der Waals surface area contributed by atoms with Crippen LogP contribution in [-0.4, -0.2) is 30.8 Å². The highest BCUT2D eigenvalue weighted by molar-refractivity contribution is 7.89. The van der Waals surface area contributed by atoms with Crippen LogP contribution in [0.3, 0.4) is 0 Å². The number of nitrogens with one attached hydrogen (secondary N) is 1.